The van der Waals surface area contributed by atoms with Crippen molar-refractivity contribution in [1.82, 2.24) is 0 Å². The standard InChI is InChI=1S/Ca.Fe.Mg.Ni. The Hall–Kier alpha value is 3.04. The van der Waals surface area contributed by atoms with Gasteiger partial charge in [0.05, 0.1) is 0 Å². The summed E-state index contributed by atoms with van der Waals surface area (Å²) in [5.41, 5.74) is 0. The van der Waals surface area contributed by atoms with Gasteiger partial charge in [0.1, 0.15) is 0 Å². The maximum Gasteiger partial charge on any atom is 0 e. The Kier molecular flexibility index (Phi) is 115. The van der Waals surface area contributed by atoms with E-state index < -0.39 is 0 Å². The van der Waals surface area contributed by atoms with Gasteiger partial charge in [-0.2, -0.15) is 0 Å². The van der Waals surface area contributed by atoms with Gasteiger partial charge in [-0.25, -0.2) is 0 Å². The van der Waals surface area contributed by atoms with Crippen LogP contribution in [-0.4, -0.2) is 60.8 Å². The van der Waals surface area contributed by atoms with E-state index >= 15 is 0 Å². The third kappa shape index (κ3) is 8.90. The SMILES string of the molecule is [Ca].[Fe].[Mg].[Ni]. The minimum atomic E-state index is 0. The van der Waals surface area contributed by atoms with E-state index in [1.807, 2.05) is 0 Å². The second-order valence-electron chi connectivity index (χ2n) is 0. The van der Waals surface area contributed by atoms with Crippen molar-refractivity contribution in [2.24, 2.45) is 0 Å². The van der Waals surface area contributed by atoms with E-state index in [4.69, 9.17) is 0 Å². The van der Waals surface area contributed by atoms with Crippen molar-refractivity contribution < 1.29 is 33.6 Å². The molecule has 0 aromatic rings. The number of hydrogen-bond donors (Lipinski definition) is 0. The van der Waals surface area contributed by atoms with Crippen LogP contribution < -0.4 is 0 Å². The van der Waals surface area contributed by atoms with Crippen LogP contribution in [0.1, 0.15) is 0 Å². The number of hydrogen-bond acceptors (Lipinski definition) is 0. The Balaban J connectivity index is 0. The molecule has 0 saturated heterocycles. The van der Waals surface area contributed by atoms with E-state index in [1.54, 1.807) is 0 Å². The smallest absolute Gasteiger partial charge is 0 e. The summed E-state index contributed by atoms with van der Waals surface area (Å²) >= 11 is 0. The van der Waals surface area contributed by atoms with Crippen LogP contribution >= 0.6 is 0 Å². The first-order valence-electron chi connectivity index (χ1n) is 0. The normalized spacial score (nSPS) is 0. The average Bonchev–Trinajstić information content (AvgIpc) is 0. The molecule has 0 nitrogen and oxygen atoms in total. The molecule has 0 spiro atoms. The molecule has 0 aromatic heterocycles. The first-order chi connectivity index (χ1) is 0. The molecular formula is CaFeMgNi. The van der Waals surface area contributed by atoms with Gasteiger partial charge in [0.15, 0.2) is 0 Å². The van der Waals surface area contributed by atoms with Gasteiger partial charge in [0, 0.05) is 94.4 Å². The molecule has 0 aliphatic rings. The van der Waals surface area contributed by atoms with E-state index in [0.29, 0.717) is 0 Å². The molecule has 0 amide bonds. The maximum atomic E-state index is 0. The second kappa shape index (κ2) is 16.6. The summed E-state index contributed by atoms with van der Waals surface area (Å²) in [6.45, 7) is 0. The van der Waals surface area contributed by atoms with Gasteiger partial charge >= 0.3 is 0 Å². The fraction of sp³-hybridized carbons (Fsp3) is 0. The van der Waals surface area contributed by atoms with Crippen LogP contribution in [0.2, 0.25) is 0 Å². The minimum absolute atomic E-state index is 0. The van der Waals surface area contributed by atoms with Crippen LogP contribution in [-0.2, 0) is 33.6 Å². The summed E-state index contributed by atoms with van der Waals surface area (Å²) in [7, 11) is 0. The van der Waals surface area contributed by atoms with Gasteiger partial charge in [0.25, 0.3) is 0 Å². The molecule has 0 heterocycles. The van der Waals surface area contributed by atoms with Gasteiger partial charge in [-0.05, 0) is 0 Å². The third-order valence-electron chi connectivity index (χ3n) is 0. The minimum Gasteiger partial charge on any atom is 0 e. The monoisotopic (exact) mass is 178 g/mol. The second-order valence-corrected chi connectivity index (χ2v) is 0. The fourth-order valence-electron chi connectivity index (χ4n) is 0. The zero-order valence-corrected chi connectivity index (χ0v) is 7.80. The Morgan fingerprint density at radius 1 is 1.00 bits per heavy atom. The third-order valence-corrected chi connectivity index (χ3v) is 0. The summed E-state index contributed by atoms with van der Waals surface area (Å²) in [5.74, 6) is 0. The van der Waals surface area contributed by atoms with E-state index in [0.717, 1.165) is 0 Å². The Morgan fingerprint density at radius 3 is 1.00 bits per heavy atom. The molecule has 0 N–H and O–H groups in total. The summed E-state index contributed by atoms with van der Waals surface area (Å²) in [5, 5.41) is 0. The van der Waals surface area contributed by atoms with Crippen LogP contribution in [0.25, 0.3) is 0 Å². The van der Waals surface area contributed by atoms with Gasteiger partial charge in [-0.15, -0.1) is 0 Å². The molecule has 22 valence electrons. The van der Waals surface area contributed by atoms with Crippen LogP contribution in [0.3, 0.4) is 0 Å². The average molecular weight is 179 g/mol. The summed E-state index contributed by atoms with van der Waals surface area (Å²) in [4.78, 5) is 0. The summed E-state index contributed by atoms with van der Waals surface area (Å²) in [6.07, 6.45) is 0. The van der Waals surface area contributed by atoms with Crippen LogP contribution in [0, 0.1) is 0 Å². The molecular weight excluding hydrogens is 179 g/mol. The molecule has 4 radical (unpaired) electrons. The molecule has 0 fully saturated rings. The van der Waals surface area contributed by atoms with Crippen molar-refractivity contribution in [2.45, 2.75) is 0 Å². The molecule has 0 aliphatic heterocycles. The van der Waals surface area contributed by atoms with E-state index in [1.165, 1.54) is 0 Å². The summed E-state index contributed by atoms with van der Waals surface area (Å²) < 4.78 is 0. The first kappa shape index (κ1) is 27.8. The molecule has 4 heteroatoms. The zero-order valence-electron chi connectivity index (χ0n) is 2.08. The van der Waals surface area contributed by atoms with Crippen LogP contribution in [0.4, 0.5) is 0 Å². The largest absolute Gasteiger partial charge is 0 e. The van der Waals surface area contributed by atoms with E-state index in [2.05, 4.69) is 0 Å². The fourth-order valence-corrected chi connectivity index (χ4v) is 0. The van der Waals surface area contributed by atoms with Crippen molar-refractivity contribution in [3.05, 3.63) is 0 Å². The van der Waals surface area contributed by atoms with Gasteiger partial charge < -0.3 is 0 Å². The van der Waals surface area contributed by atoms with E-state index in [9.17, 15) is 0 Å². The molecule has 0 unspecified atom stereocenters. The Labute approximate surface area is 92.4 Å². The van der Waals surface area contributed by atoms with Crippen molar-refractivity contribution in [2.75, 3.05) is 0 Å². The Bertz CT molecular complexity index is 8.00. The number of rotatable bonds is 0. The predicted octanol–water partition coefficient (Wildman–Crippen LogP) is -0.767. The molecule has 0 aliphatic carbocycles. The van der Waals surface area contributed by atoms with Gasteiger partial charge in [-0.1, -0.05) is 0 Å². The first-order valence-corrected chi connectivity index (χ1v) is 0. The van der Waals surface area contributed by atoms with Gasteiger partial charge in [-0.3, -0.25) is 0 Å². The van der Waals surface area contributed by atoms with Crippen molar-refractivity contribution in [1.29, 1.82) is 0 Å². The van der Waals surface area contributed by atoms with Crippen molar-refractivity contribution >= 4 is 60.8 Å². The predicted molar refractivity (Wildman–Crippen MR) is 11.5 cm³/mol. The Morgan fingerprint density at radius 2 is 1.00 bits per heavy atom. The van der Waals surface area contributed by atoms with Crippen LogP contribution in [0.5, 0.6) is 0 Å². The van der Waals surface area contributed by atoms with Gasteiger partial charge in [0.2, 0.25) is 0 Å². The molecule has 4 heavy (non-hydrogen) atoms. The van der Waals surface area contributed by atoms with E-state index in [-0.39, 0.29) is 94.4 Å². The topological polar surface area (TPSA) is 0 Å². The molecule has 0 bridgehead atoms. The van der Waals surface area contributed by atoms with Crippen molar-refractivity contribution in [3.63, 3.8) is 0 Å². The molecule has 0 rings (SSSR count). The quantitative estimate of drug-likeness (QED) is 0.428. The molecule has 0 atom stereocenters. The van der Waals surface area contributed by atoms with Crippen LogP contribution in [0.15, 0.2) is 0 Å². The van der Waals surface area contributed by atoms with Crippen molar-refractivity contribution in [3.8, 4) is 0 Å². The molecule has 0 aromatic carbocycles. The summed E-state index contributed by atoms with van der Waals surface area (Å²) in [6, 6.07) is 0. The zero-order chi connectivity index (χ0) is 0. The molecule has 0 saturated carbocycles. The maximum absolute atomic E-state index is 0.